The lowest BCUT2D eigenvalue weighted by Crippen LogP contribution is -1.90. The first-order chi connectivity index (χ1) is 3.98. The van der Waals surface area contributed by atoms with Crippen LogP contribution < -0.4 is 0 Å². The van der Waals surface area contributed by atoms with Crippen molar-refractivity contribution in [2.75, 3.05) is 26.1 Å². The molecule has 0 fully saturated rings. The number of hydrogen-bond donors (Lipinski definition) is 0. The van der Waals surface area contributed by atoms with Gasteiger partial charge in [0.15, 0.2) is 0 Å². The second-order valence-corrected chi connectivity index (χ2v) is 7.69. The summed E-state index contributed by atoms with van der Waals surface area (Å²) in [7, 11) is -0.857. The molecule has 0 saturated heterocycles. The van der Waals surface area contributed by atoms with Gasteiger partial charge < -0.3 is 0 Å². The van der Waals surface area contributed by atoms with Crippen LogP contribution in [0, 0.1) is 0 Å². The molecule has 0 nitrogen and oxygen atoms in total. The van der Waals surface area contributed by atoms with Gasteiger partial charge in [0.2, 0.25) is 0 Å². The fourth-order valence-corrected chi connectivity index (χ4v) is 1.55. The smallest absolute Gasteiger partial charge is 0.0652 e. The summed E-state index contributed by atoms with van der Waals surface area (Å²) in [6.45, 7) is 8.86. The lowest BCUT2D eigenvalue weighted by molar-refractivity contribution is 0.889. The maximum atomic E-state index is 7.67. The molecule has 50 valence electrons. The van der Waals surface area contributed by atoms with E-state index in [1.54, 1.807) is 0 Å². The Balaban J connectivity index is 3.59. The first-order valence-electron chi connectivity index (χ1n) is 3.79. The van der Waals surface area contributed by atoms with Gasteiger partial charge in [0, 0.05) is 27.3 Å². The minimum Gasteiger partial charge on any atom is -0.0652 e. The Labute approximate surface area is 55.4 Å². The Morgan fingerprint density at radius 1 is 1.38 bits per heavy atom. The number of hydrogen-bond acceptors (Lipinski definition) is 0. The van der Waals surface area contributed by atoms with Gasteiger partial charge in [-0.05, 0) is 6.42 Å². The van der Waals surface area contributed by atoms with Gasteiger partial charge in [-0.25, -0.2) is 0 Å². The molecule has 0 rings (SSSR count). The van der Waals surface area contributed by atoms with E-state index in [0.717, 1.165) is 12.8 Å². The zero-order valence-electron chi connectivity index (χ0n) is 7.44. The van der Waals surface area contributed by atoms with E-state index in [4.69, 9.17) is 1.37 Å². The normalized spacial score (nSPS) is 17.8. The van der Waals surface area contributed by atoms with Crippen LogP contribution >= 0.6 is 7.26 Å². The van der Waals surface area contributed by atoms with E-state index in [0.29, 0.717) is 0 Å². The molecule has 0 heterocycles. The third-order valence-electron chi connectivity index (χ3n) is 0.965. The third-order valence-corrected chi connectivity index (χ3v) is 2.32. The van der Waals surface area contributed by atoms with E-state index in [9.17, 15) is 0 Å². The lowest BCUT2D eigenvalue weighted by atomic mass is 10.4. The van der Waals surface area contributed by atoms with Gasteiger partial charge in [-0.3, -0.25) is 0 Å². The molecule has 0 aliphatic rings. The summed E-state index contributed by atoms with van der Waals surface area (Å²) in [5.41, 5.74) is 0. The molecule has 0 N–H and O–H groups in total. The van der Waals surface area contributed by atoms with Crippen LogP contribution in [0.5, 0.6) is 0 Å². The molecule has 0 amide bonds. The van der Waals surface area contributed by atoms with Crippen LogP contribution in [0.4, 0.5) is 0 Å². The van der Waals surface area contributed by atoms with Crippen LogP contribution in [0.15, 0.2) is 0 Å². The van der Waals surface area contributed by atoms with Crippen molar-refractivity contribution in [3.63, 3.8) is 0 Å². The zero-order valence-corrected chi connectivity index (χ0v) is 7.33. The predicted octanol–water partition coefficient (Wildman–Crippen LogP) is 2.69. The maximum absolute atomic E-state index is 7.67. The van der Waals surface area contributed by atoms with Crippen LogP contribution in [0.2, 0.25) is 0 Å². The van der Waals surface area contributed by atoms with Gasteiger partial charge in [-0.1, -0.05) is 13.3 Å². The molecular formula is C7H18P+. The molecule has 0 spiro atoms. The second kappa shape index (κ2) is 3.45. The van der Waals surface area contributed by atoms with Crippen molar-refractivity contribution in [3.05, 3.63) is 0 Å². The summed E-state index contributed by atoms with van der Waals surface area (Å²) in [6, 6.07) is 0. The minimum absolute atomic E-state index is 0.225. The van der Waals surface area contributed by atoms with E-state index in [1.807, 2.05) is 0 Å². The zero-order chi connectivity index (χ0) is 7.49. The summed E-state index contributed by atoms with van der Waals surface area (Å²) in [5, 5.41) is 0. The van der Waals surface area contributed by atoms with Crippen molar-refractivity contribution in [1.82, 2.24) is 0 Å². The highest BCUT2D eigenvalue weighted by Crippen LogP contribution is 2.46. The van der Waals surface area contributed by atoms with Crippen molar-refractivity contribution >= 4 is 7.26 Å². The Hall–Kier alpha value is 0.430. The highest BCUT2D eigenvalue weighted by molar-refractivity contribution is 7.73. The molecule has 0 aromatic rings. The summed E-state index contributed by atoms with van der Waals surface area (Å²) in [4.78, 5) is 0. The monoisotopic (exact) mass is 134 g/mol. The molecule has 0 aliphatic heterocycles. The molecule has 1 heteroatoms. The maximum Gasteiger partial charge on any atom is 0.0708 e. The SMILES string of the molecule is [2H]C(CCC)[P+](C)(C)C. The first kappa shape index (κ1) is 6.55. The topological polar surface area (TPSA) is 0 Å². The van der Waals surface area contributed by atoms with E-state index in [1.165, 1.54) is 0 Å². The predicted molar refractivity (Wildman–Crippen MR) is 44.5 cm³/mol. The van der Waals surface area contributed by atoms with Gasteiger partial charge in [-0.15, -0.1) is 0 Å². The van der Waals surface area contributed by atoms with Crippen molar-refractivity contribution in [1.29, 1.82) is 0 Å². The van der Waals surface area contributed by atoms with Gasteiger partial charge in [0.25, 0.3) is 0 Å². The van der Waals surface area contributed by atoms with Gasteiger partial charge >= 0.3 is 0 Å². The van der Waals surface area contributed by atoms with Crippen LogP contribution in [-0.2, 0) is 0 Å². The highest BCUT2D eigenvalue weighted by Gasteiger charge is 2.14. The van der Waals surface area contributed by atoms with E-state index < -0.39 is 7.26 Å². The van der Waals surface area contributed by atoms with Crippen LogP contribution in [0.25, 0.3) is 0 Å². The molecule has 8 heavy (non-hydrogen) atoms. The minimum atomic E-state index is -0.857. The summed E-state index contributed by atoms with van der Waals surface area (Å²) >= 11 is 0. The Morgan fingerprint density at radius 2 is 1.88 bits per heavy atom. The van der Waals surface area contributed by atoms with E-state index in [2.05, 4.69) is 26.9 Å². The molecule has 0 bridgehead atoms. The van der Waals surface area contributed by atoms with E-state index >= 15 is 0 Å². The summed E-state index contributed by atoms with van der Waals surface area (Å²) in [6.07, 6.45) is 2.46. The molecule has 0 radical (unpaired) electrons. The van der Waals surface area contributed by atoms with Crippen LogP contribution in [0.3, 0.4) is 0 Å². The largest absolute Gasteiger partial charge is 0.0708 e. The molecule has 0 aromatic carbocycles. The van der Waals surface area contributed by atoms with Gasteiger partial charge in [0.05, 0.1) is 7.51 Å². The van der Waals surface area contributed by atoms with Crippen LogP contribution in [-0.4, -0.2) is 26.1 Å². The molecule has 0 aromatic heterocycles. The van der Waals surface area contributed by atoms with Crippen LogP contribution in [0.1, 0.15) is 21.1 Å². The number of rotatable bonds is 3. The average Bonchev–Trinajstić information content (AvgIpc) is 1.64. The Bertz CT molecular complexity index is 75.5. The fourth-order valence-electron chi connectivity index (χ4n) is 0.516. The van der Waals surface area contributed by atoms with Crippen molar-refractivity contribution in [3.8, 4) is 0 Å². The van der Waals surface area contributed by atoms with E-state index in [-0.39, 0.29) is 6.14 Å². The van der Waals surface area contributed by atoms with Gasteiger partial charge in [-0.2, -0.15) is 0 Å². The molecular weight excluding hydrogens is 115 g/mol. The Morgan fingerprint density at radius 3 is 2.00 bits per heavy atom. The van der Waals surface area contributed by atoms with Crippen molar-refractivity contribution in [2.45, 2.75) is 19.8 Å². The third kappa shape index (κ3) is 6.43. The fraction of sp³-hybridized carbons (Fsp3) is 1.00. The molecule has 0 saturated carbocycles. The quantitative estimate of drug-likeness (QED) is 0.520. The molecule has 1 atom stereocenters. The molecule has 1 unspecified atom stereocenters. The molecule has 0 aliphatic carbocycles. The van der Waals surface area contributed by atoms with Gasteiger partial charge in [0.1, 0.15) is 0 Å². The summed E-state index contributed by atoms with van der Waals surface area (Å²) < 4.78 is 7.67. The summed E-state index contributed by atoms with van der Waals surface area (Å²) in [5.74, 6) is 0. The lowest BCUT2D eigenvalue weighted by Gasteiger charge is -2.09. The van der Waals surface area contributed by atoms with Crippen molar-refractivity contribution in [2.24, 2.45) is 0 Å². The highest BCUT2D eigenvalue weighted by atomic mass is 31.2. The average molecular weight is 134 g/mol. The first-order valence-corrected chi connectivity index (χ1v) is 6.41. The second-order valence-electron chi connectivity index (χ2n) is 3.09. The Kier molecular flexibility index (Phi) is 2.83. The standard InChI is InChI=1S/C7H18P/c1-5-6-7-8(2,3)4/h5-7H2,1-4H3/q+1/i7D. The van der Waals surface area contributed by atoms with Crippen molar-refractivity contribution < 1.29 is 1.37 Å².